The number of hydrogen-bond donors (Lipinski definition) is 5. The molecule has 0 aliphatic heterocycles. The van der Waals surface area contributed by atoms with E-state index in [0.717, 1.165) is 0 Å². The first-order chi connectivity index (χ1) is 9.81. The third-order valence-electron chi connectivity index (χ3n) is 2.19. The van der Waals surface area contributed by atoms with E-state index in [0.29, 0.717) is 12.5 Å². The first-order valence-electron chi connectivity index (χ1n) is 6.58. The van der Waals surface area contributed by atoms with Crippen molar-refractivity contribution in [1.29, 1.82) is 0 Å². The minimum absolute atomic E-state index is 0.144. The summed E-state index contributed by atoms with van der Waals surface area (Å²) < 4.78 is 0. The van der Waals surface area contributed by atoms with E-state index in [1.54, 1.807) is 0 Å². The lowest BCUT2D eigenvalue weighted by atomic mass is 10.2. The van der Waals surface area contributed by atoms with Gasteiger partial charge in [0.2, 0.25) is 11.8 Å². The normalized spacial score (nSPS) is 9.86. The van der Waals surface area contributed by atoms with Crippen molar-refractivity contribution < 1.29 is 24.3 Å². The van der Waals surface area contributed by atoms with Crippen LogP contribution in [0.5, 0.6) is 0 Å². The number of carbonyl (C=O) groups excluding carboxylic acids is 3. The first-order valence-corrected chi connectivity index (χ1v) is 6.58. The quantitative estimate of drug-likeness (QED) is 0.358. The predicted octanol–water partition coefficient (Wildman–Crippen LogP) is -1.35. The summed E-state index contributed by atoms with van der Waals surface area (Å²) in [7, 11) is 0. The van der Waals surface area contributed by atoms with Gasteiger partial charge in [-0.05, 0) is 5.92 Å². The van der Waals surface area contributed by atoms with E-state index in [1.807, 2.05) is 13.8 Å². The van der Waals surface area contributed by atoms with Gasteiger partial charge in [-0.1, -0.05) is 13.8 Å². The van der Waals surface area contributed by atoms with Crippen molar-refractivity contribution in [3.05, 3.63) is 0 Å². The predicted molar refractivity (Wildman–Crippen MR) is 74.5 cm³/mol. The molecule has 9 heteroatoms. The number of hydrogen-bond acceptors (Lipinski definition) is 4. The molecule has 0 aromatic carbocycles. The van der Waals surface area contributed by atoms with Crippen LogP contribution in [0.25, 0.3) is 0 Å². The zero-order valence-corrected chi connectivity index (χ0v) is 12.2. The Morgan fingerprint density at radius 3 is 2.14 bits per heavy atom. The first kappa shape index (κ1) is 18.7. The third-order valence-corrected chi connectivity index (χ3v) is 2.19. The molecule has 0 heterocycles. The Hall–Kier alpha value is -2.32. The molecule has 0 spiro atoms. The molecule has 0 atom stereocenters. The molecule has 9 nitrogen and oxygen atoms in total. The molecule has 0 saturated carbocycles. The fourth-order valence-electron chi connectivity index (χ4n) is 1.16. The number of urea groups is 1. The molecule has 4 amide bonds. The van der Waals surface area contributed by atoms with Gasteiger partial charge in [0, 0.05) is 19.5 Å². The minimum Gasteiger partial charge on any atom is -0.480 e. The Balaban J connectivity index is 3.64. The molecule has 0 aromatic heterocycles. The van der Waals surface area contributed by atoms with E-state index < -0.39 is 24.5 Å². The van der Waals surface area contributed by atoms with Crippen LogP contribution in [0.4, 0.5) is 4.79 Å². The van der Waals surface area contributed by atoms with Crippen molar-refractivity contribution in [2.24, 2.45) is 5.92 Å². The van der Waals surface area contributed by atoms with Crippen LogP contribution in [0.3, 0.4) is 0 Å². The van der Waals surface area contributed by atoms with E-state index in [-0.39, 0.29) is 25.4 Å². The highest BCUT2D eigenvalue weighted by molar-refractivity contribution is 5.86. The number of amides is 4. The molecule has 0 rings (SSSR count). The van der Waals surface area contributed by atoms with E-state index in [2.05, 4.69) is 21.3 Å². The third kappa shape index (κ3) is 12.5. The summed E-state index contributed by atoms with van der Waals surface area (Å²) in [5, 5.41) is 17.8. The molecule has 0 aliphatic rings. The second kappa shape index (κ2) is 10.5. The van der Waals surface area contributed by atoms with Crippen molar-refractivity contribution >= 4 is 23.8 Å². The lowest BCUT2D eigenvalue weighted by Crippen LogP contribution is -2.43. The molecule has 0 radical (unpaired) electrons. The summed E-state index contributed by atoms with van der Waals surface area (Å²) in [4.78, 5) is 43.9. The summed E-state index contributed by atoms with van der Waals surface area (Å²) in [6.45, 7) is 3.83. The van der Waals surface area contributed by atoms with Gasteiger partial charge in [0.05, 0.1) is 6.54 Å². The SMILES string of the molecule is CC(C)CNC(=O)CCNC(=O)NCC(=O)NCC(=O)O. The van der Waals surface area contributed by atoms with Crippen LogP contribution in [-0.2, 0) is 14.4 Å². The topological polar surface area (TPSA) is 137 Å². The maximum Gasteiger partial charge on any atom is 0.322 e. The van der Waals surface area contributed by atoms with Gasteiger partial charge in [-0.2, -0.15) is 0 Å². The van der Waals surface area contributed by atoms with Crippen LogP contribution in [0.1, 0.15) is 20.3 Å². The fraction of sp³-hybridized carbons (Fsp3) is 0.667. The molecule has 0 unspecified atom stereocenters. The maximum absolute atomic E-state index is 11.3. The largest absolute Gasteiger partial charge is 0.480 e. The highest BCUT2D eigenvalue weighted by atomic mass is 16.4. The summed E-state index contributed by atoms with van der Waals surface area (Å²) in [5.74, 6) is -1.58. The standard InChI is InChI=1S/C12H22N4O5/c1-8(2)5-14-9(17)3-4-13-12(21)16-6-10(18)15-7-11(19)20/h8H,3-7H2,1-2H3,(H,14,17)(H,15,18)(H,19,20)(H2,13,16,21). The Morgan fingerprint density at radius 1 is 0.905 bits per heavy atom. The van der Waals surface area contributed by atoms with Gasteiger partial charge >= 0.3 is 12.0 Å². The molecular formula is C12H22N4O5. The molecule has 0 saturated heterocycles. The summed E-state index contributed by atoms with van der Waals surface area (Å²) in [6, 6.07) is -0.600. The summed E-state index contributed by atoms with van der Waals surface area (Å²) in [5.41, 5.74) is 0. The van der Waals surface area contributed by atoms with Gasteiger partial charge < -0.3 is 26.4 Å². The molecule has 0 fully saturated rings. The van der Waals surface area contributed by atoms with E-state index in [4.69, 9.17) is 5.11 Å². The Kier molecular flexibility index (Phi) is 9.31. The second-order valence-corrected chi connectivity index (χ2v) is 4.73. The minimum atomic E-state index is -1.17. The van der Waals surface area contributed by atoms with Crippen LogP contribution < -0.4 is 21.3 Å². The van der Waals surface area contributed by atoms with Crippen LogP contribution in [0.2, 0.25) is 0 Å². The highest BCUT2D eigenvalue weighted by Gasteiger charge is 2.07. The molecule has 0 aromatic rings. The molecule has 0 aliphatic carbocycles. The zero-order valence-electron chi connectivity index (χ0n) is 12.2. The average Bonchev–Trinajstić information content (AvgIpc) is 2.40. The van der Waals surface area contributed by atoms with Crippen molar-refractivity contribution in [2.45, 2.75) is 20.3 Å². The Labute approximate surface area is 122 Å². The molecule has 21 heavy (non-hydrogen) atoms. The van der Waals surface area contributed by atoms with E-state index in [1.165, 1.54) is 0 Å². The lowest BCUT2D eigenvalue weighted by Gasteiger charge is -2.09. The van der Waals surface area contributed by atoms with Gasteiger partial charge in [-0.3, -0.25) is 14.4 Å². The van der Waals surface area contributed by atoms with Crippen LogP contribution in [0, 0.1) is 5.92 Å². The number of rotatable bonds is 9. The number of carbonyl (C=O) groups is 4. The van der Waals surface area contributed by atoms with Crippen molar-refractivity contribution in [3.8, 4) is 0 Å². The second-order valence-electron chi connectivity index (χ2n) is 4.73. The fourth-order valence-corrected chi connectivity index (χ4v) is 1.16. The van der Waals surface area contributed by atoms with E-state index >= 15 is 0 Å². The van der Waals surface area contributed by atoms with Gasteiger partial charge in [0.25, 0.3) is 0 Å². The number of carboxylic acid groups (broad SMARTS) is 1. The number of carboxylic acids is 1. The monoisotopic (exact) mass is 302 g/mol. The lowest BCUT2D eigenvalue weighted by molar-refractivity contribution is -0.137. The van der Waals surface area contributed by atoms with Crippen LogP contribution in [0.15, 0.2) is 0 Å². The van der Waals surface area contributed by atoms with Crippen LogP contribution >= 0.6 is 0 Å². The Bertz CT molecular complexity index is 384. The number of nitrogens with one attached hydrogen (secondary N) is 4. The summed E-state index contributed by atoms with van der Waals surface area (Å²) >= 11 is 0. The van der Waals surface area contributed by atoms with Crippen molar-refractivity contribution in [1.82, 2.24) is 21.3 Å². The van der Waals surface area contributed by atoms with Gasteiger partial charge in [0.15, 0.2) is 0 Å². The smallest absolute Gasteiger partial charge is 0.322 e. The summed E-state index contributed by atoms with van der Waals surface area (Å²) in [6.07, 6.45) is 0.144. The van der Waals surface area contributed by atoms with Crippen molar-refractivity contribution in [3.63, 3.8) is 0 Å². The highest BCUT2D eigenvalue weighted by Crippen LogP contribution is 1.87. The average molecular weight is 302 g/mol. The van der Waals surface area contributed by atoms with Gasteiger partial charge in [-0.15, -0.1) is 0 Å². The van der Waals surface area contributed by atoms with Crippen LogP contribution in [-0.4, -0.2) is 55.1 Å². The Morgan fingerprint density at radius 2 is 1.57 bits per heavy atom. The zero-order chi connectivity index (χ0) is 16.3. The molecule has 120 valence electrons. The number of aliphatic carboxylic acids is 1. The maximum atomic E-state index is 11.3. The van der Waals surface area contributed by atoms with Gasteiger partial charge in [0.1, 0.15) is 6.54 Å². The van der Waals surface area contributed by atoms with E-state index in [9.17, 15) is 19.2 Å². The molecule has 0 bridgehead atoms. The van der Waals surface area contributed by atoms with Gasteiger partial charge in [-0.25, -0.2) is 4.79 Å². The molecular weight excluding hydrogens is 280 g/mol. The van der Waals surface area contributed by atoms with Crippen molar-refractivity contribution in [2.75, 3.05) is 26.2 Å². The molecule has 5 N–H and O–H groups in total.